The number of anilines is 1. The molecule has 2 N–H and O–H groups in total. The maximum Gasteiger partial charge on any atom is 0.132 e. The highest BCUT2D eigenvalue weighted by Gasteiger charge is 2.03. The van der Waals surface area contributed by atoms with E-state index in [1.54, 1.807) is 4.68 Å². The molecule has 0 saturated carbocycles. The quantitative estimate of drug-likeness (QED) is 0.799. The first-order valence-electron chi connectivity index (χ1n) is 5.13. The number of hydrogen-bond acceptors (Lipinski definition) is 3. The van der Waals surface area contributed by atoms with Crippen LogP contribution in [0.1, 0.15) is 11.3 Å². The number of nitrogens with two attached hydrogens (primary N) is 1. The predicted molar refractivity (Wildman–Crippen MR) is 63.1 cm³/mol. The third-order valence-electron chi connectivity index (χ3n) is 2.47. The molecule has 84 valence electrons. The first-order valence-corrected chi connectivity index (χ1v) is 5.13. The van der Waals surface area contributed by atoms with E-state index in [-0.39, 0.29) is 0 Å². The molecule has 2 aromatic rings. The molecule has 0 fully saturated rings. The normalized spacial score (nSPS) is 10.4. The molecule has 1 aromatic heterocycles. The first-order chi connectivity index (χ1) is 7.66. The van der Waals surface area contributed by atoms with Gasteiger partial charge in [0.05, 0.1) is 5.69 Å². The minimum atomic E-state index is 0.463. The molecule has 0 aliphatic heterocycles. The van der Waals surface area contributed by atoms with Gasteiger partial charge in [0.2, 0.25) is 0 Å². The maximum absolute atomic E-state index is 5.79. The molecule has 0 atom stereocenters. The lowest BCUT2D eigenvalue weighted by Gasteiger charge is -2.09. The third-order valence-corrected chi connectivity index (χ3v) is 2.47. The largest absolute Gasteiger partial charge is 0.487 e. The second kappa shape index (κ2) is 4.26. The SMILES string of the molecule is Cc1c(N)cccc1OCc1ccn(C)n1. The van der Waals surface area contributed by atoms with Gasteiger partial charge in [-0.2, -0.15) is 5.10 Å². The Morgan fingerprint density at radius 1 is 1.38 bits per heavy atom. The summed E-state index contributed by atoms with van der Waals surface area (Å²) in [5.41, 5.74) is 8.42. The summed E-state index contributed by atoms with van der Waals surface area (Å²) < 4.78 is 7.42. The van der Waals surface area contributed by atoms with Crippen molar-refractivity contribution in [2.24, 2.45) is 7.05 Å². The van der Waals surface area contributed by atoms with E-state index < -0.39 is 0 Å². The van der Waals surface area contributed by atoms with E-state index in [2.05, 4.69) is 5.10 Å². The van der Waals surface area contributed by atoms with E-state index in [1.807, 2.05) is 44.4 Å². The van der Waals surface area contributed by atoms with Gasteiger partial charge in [-0.25, -0.2) is 0 Å². The summed E-state index contributed by atoms with van der Waals surface area (Å²) in [5.74, 6) is 0.811. The zero-order chi connectivity index (χ0) is 11.5. The van der Waals surface area contributed by atoms with E-state index in [0.29, 0.717) is 6.61 Å². The highest BCUT2D eigenvalue weighted by atomic mass is 16.5. The van der Waals surface area contributed by atoms with Gasteiger partial charge in [0.1, 0.15) is 12.4 Å². The Balaban J connectivity index is 2.07. The predicted octanol–water partition coefficient (Wildman–Crippen LogP) is 1.89. The van der Waals surface area contributed by atoms with Crippen molar-refractivity contribution in [3.8, 4) is 5.75 Å². The van der Waals surface area contributed by atoms with Gasteiger partial charge in [0.25, 0.3) is 0 Å². The zero-order valence-corrected chi connectivity index (χ0v) is 9.47. The van der Waals surface area contributed by atoms with Gasteiger partial charge in [-0.3, -0.25) is 4.68 Å². The van der Waals surface area contributed by atoms with Crippen molar-refractivity contribution in [3.63, 3.8) is 0 Å². The van der Waals surface area contributed by atoms with Crippen LogP contribution in [0, 0.1) is 6.92 Å². The minimum Gasteiger partial charge on any atom is -0.487 e. The van der Waals surface area contributed by atoms with Gasteiger partial charge in [-0.15, -0.1) is 0 Å². The van der Waals surface area contributed by atoms with E-state index >= 15 is 0 Å². The van der Waals surface area contributed by atoms with Crippen LogP contribution < -0.4 is 10.5 Å². The summed E-state index contributed by atoms with van der Waals surface area (Å²) >= 11 is 0. The molecule has 1 aromatic carbocycles. The highest BCUT2D eigenvalue weighted by Crippen LogP contribution is 2.23. The van der Waals surface area contributed by atoms with Crippen molar-refractivity contribution in [1.82, 2.24) is 9.78 Å². The summed E-state index contributed by atoms with van der Waals surface area (Å²) in [6.45, 7) is 2.41. The fourth-order valence-corrected chi connectivity index (χ4v) is 1.48. The van der Waals surface area contributed by atoms with Crippen LogP contribution in [0.3, 0.4) is 0 Å². The topological polar surface area (TPSA) is 53.1 Å². The molecule has 0 spiro atoms. The van der Waals surface area contributed by atoms with Crippen LogP contribution in [0.5, 0.6) is 5.75 Å². The highest BCUT2D eigenvalue weighted by molar-refractivity contribution is 5.53. The Morgan fingerprint density at radius 2 is 2.19 bits per heavy atom. The van der Waals surface area contributed by atoms with Crippen LogP contribution in [0.4, 0.5) is 5.69 Å². The van der Waals surface area contributed by atoms with E-state index in [9.17, 15) is 0 Å². The monoisotopic (exact) mass is 217 g/mol. The lowest BCUT2D eigenvalue weighted by atomic mass is 10.2. The smallest absolute Gasteiger partial charge is 0.132 e. The van der Waals surface area contributed by atoms with Crippen LogP contribution >= 0.6 is 0 Å². The standard InChI is InChI=1S/C12H15N3O/c1-9-11(13)4-3-5-12(9)16-8-10-6-7-15(2)14-10/h3-7H,8,13H2,1-2H3. The Hall–Kier alpha value is -1.97. The molecular weight excluding hydrogens is 202 g/mol. The molecule has 0 radical (unpaired) electrons. The molecule has 0 aliphatic carbocycles. The van der Waals surface area contributed by atoms with Gasteiger partial charge in [-0.1, -0.05) is 6.07 Å². The second-order valence-electron chi connectivity index (χ2n) is 3.74. The van der Waals surface area contributed by atoms with Gasteiger partial charge < -0.3 is 10.5 Å². The van der Waals surface area contributed by atoms with Crippen molar-refractivity contribution in [1.29, 1.82) is 0 Å². The lowest BCUT2D eigenvalue weighted by molar-refractivity contribution is 0.298. The van der Waals surface area contributed by atoms with Crippen LogP contribution in [0.25, 0.3) is 0 Å². The molecule has 0 aliphatic rings. The van der Waals surface area contributed by atoms with Crippen LogP contribution in [-0.2, 0) is 13.7 Å². The average Bonchev–Trinajstić information content (AvgIpc) is 2.67. The Morgan fingerprint density at radius 3 is 2.88 bits per heavy atom. The molecule has 4 nitrogen and oxygen atoms in total. The Bertz CT molecular complexity index is 491. The van der Waals surface area contributed by atoms with E-state index in [1.165, 1.54) is 0 Å². The molecule has 2 rings (SSSR count). The van der Waals surface area contributed by atoms with Crippen LogP contribution in [0.15, 0.2) is 30.5 Å². The van der Waals surface area contributed by atoms with E-state index in [0.717, 1.165) is 22.7 Å². The number of aromatic nitrogens is 2. The van der Waals surface area contributed by atoms with Crippen molar-refractivity contribution in [3.05, 3.63) is 41.7 Å². The molecule has 1 heterocycles. The van der Waals surface area contributed by atoms with Crippen molar-refractivity contribution in [2.75, 3.05) is 5.73 Å². The fraction of sp³-hybridized carbons (Fsp3) is 0.250. The zero-order valence-electron chi connectivity index (χ0n) is 9.47. The number of rotatable bonds is 3. The molecule has 0 amide bonds. The van der Waals surface area contributed by atoms with Crippen LogP contribution in [0.2, 0.25) is 0 Å². The number of nitrogens with zero attached hydrogens (tertiary/aromatic N) is 2. The maximum atomic E-state index is 5.79. The van der Waals surface area contributed by atoms with Gasteiger partial charge >= 0.3 is 0 Å². The molecule has 4 heteroatoms. The number of nitrogen functional groups attached to an aromatic ring is 1. The van der Waals surface area contributed by atoms with Crippen molar-refractivity contribution < 1.29 is 4.74 Å². The number of aryl methyl sites for hydroxylation is 1. The molecule has 0 bridgehead atoms. The average molecular weight is 217 g/mol. The molecule has 0 unspecified atom stereocenters. The summed E-state index contributed by atoms with van der Waals surface area (Å²) in [6.07, 6.45) is 1.89. The lowest BCUT2D eigenvalue weighted by Crippen LogP contribution is -2.00. The Labute approximate surface area is 94.6 Å². The van der Waals surface area contributed by atoms with Gasteiger partial charge in [0, 0.05) is 24.5 Å². The second-order valence-corrected chi connectivity index (χ2v) is 3.74. The summed E-state index contributed by atoms with van der Waals surface area (Å²) in [6, 6.07) is 7.59. The summed E-state index contributed by atoms with van der Waals surface area (Å²) in [4.78, 5) is 0. The molecule has 0 saturated heterocycles. The summed E-state index contributed by atoms with van der Waals surface area (Å²) in [7, 11) is 1.88. The Kier molecular flexibility index (Phi) is 2.81. The van der Waals surface area contributed by atoms with Gasteiger partial charge in [-0.05, 0) is 25.1 Å². The number of hydrogen-bond donors (Lipinski definition) is 1. The van der Waals surface area contributed by atoms with Crippen LogP contribution in [-0.4, -0.2) is 9.78 Å². The minimum absolute atomic E-state index is 0.463. The molecular formula is C12H15N3O. The number of benzene rings is 1. The number of ether oxygens (including phenoxy) is 1. The third kappa shape index (κ3) is 2.16. The van der Waals surface area contributed by atoms with Gasteiger partial charge in [0.15, 0.2) is 0 Å². The summed E-state index contributed by atoms with van der Waals surface area (Å²) in [5, 5.41) is 4.24. The van der Waals surface area contributed by atoms with Crippen molar-refractivity contribution in [2.45, 2.75) is 13.5 Å². The fourth-order valence-electron chi connectivity index (χ4n) is 1.48. The van der Waals surface area contributed by atoms with E-state index in [4.69, 9.17) is 10.5 Å². The van der Waals surface area contributed by atoms with Crippen molar-refractivity contribution >= 4 is 5.69 Å². The molecule has 16 heavy (non-hydrogen) atoms. The first kappa shape index (κ1) is 10.5.